The van der Waals surface area contributed by atoms with Gasteiger partial charge in [-0.1, -0.05) is 6.07 Å². The second-order valence-electron chi connectivity index (χ2n) is 4.42. The molecule has 0 atom stereocenters. The predicted octanol–water partition coefficient (Wildman–Crippen LogP) is 1.76. The van der Waals surface area contributed by atoms with E-state index in [1.807, 2.05) is 0 Å². The molecule has 0 amide bonds. The van der Waals surface area contributed by atoms with E-state index in [-0.39, 0.29) is 0 Å². The third kappa shape index (κ3) is 4.15. The number of carboxylic acid groups (broad SMARTS) is 1. The van der Waals surface area contributed by atoms with Crippen LogP contribution in [0.25, 0.3) is 6.08 Å². The summed E-state index contributed by atoms with van der Waals surface area (Å²) < 4.78 is 18.8. The van der Waals surface area contributed by atoms with Gasteiger partial charge in [-0.25, -0.2) is 9.18 Å². The number of rotatable bonds is 4. The summed E-state index contributed by atoms with van der Waals surface area (Å²) in [7, 11) is 0. The van der Waals surface area contributed by atoms with Gasteiger partial charge in [-0.05, 0) is 23.8 Å². The smallest absolute Gasteiger partial charge is 0.328 e. The van der Waals surface area contributed by atoms with E-state index in [0.29, 0.717) is 18.8 Å². The number of nitrogens with zero attached hydrogens (tertiary/aromatic N) is 1. The minimum absolute atomic E-state index is 0.299. The van der Waals surface area contributed by atoms with Crippen LogP contribution in [0, 0.1) is 5.82 Å². The molecule has 1 aliphatic rings. The van der Waals surface area contributed by atoms with Gasteiger partial charge in [0.2, 0.25) is 0 Å². The summed E-state index contributed by atoms with van der Waals surface area (Å²) in [6.07, 6.45) is 2.22. The van der Waals surface area contributed by atoms with Crippen molar-refractivity contribution < 1.29 is 19.0 Å². The number of carboxylic acids is 1. The fraction of sp³-hybridized carbons (Fsp3) is 0.357. The monoisotopic (exact) mass is 265 g/mol. The zero-order valence-corrected chi connectivity index (χ0v) is 10.5. The van der Waals surface area contributed by atoms with E-state index in [1.54, 1.807) is 12.1 Å². The van der Waals surface area contributed by atoms with E-state index in [4.69, 9.17) is 9.84 Å². The summed E-state index contributed by atoms with van der Waals surface area (Å²) in [6.45, 7) is 3.87. The van der Waals surface area contributed by atoms with Gasteiger partial charge in [-0.2, -0.15) is 0 Å². The molecule has 1 saturated heterocycles. The fourth-order valence-corrected chi connectivity index (χ4v) is 2.00. The Morgan fingerprint density at radius 2 is 2.16 bits per heavy atom. The van der Waals surface area contributed by atoms with Crippen LogP contribution in [0.15, 0.2) is 24.3 Å². The maximum atomic E-state index is 13.5. The zero-order valence-electron chi connectivity index (χ0n) is 10.5. The number of hydrogen-bond donors (Lipinski definition) is 1. The molecule has 1 fully saturated rings. The molecule has 0 aliphatic carbocycles. The molecule has 0 unspecified atom stereocenters. The largest absolute Gasteiger partial charge is 0.478 e. The minimum Gasteiger partial charge on any atom is -0.478 e. The Morgan fingerprint density at radius 3 is 2.84 bits per heavy atom. The van der Waals surface area contributed by atoms with Gasteiger partial charge in [0.1, 0.15) is 5.82 Å². The van der Waals surface area contributed by atoms with Gasteiger partial charge >= 0.3 is 5.97 Å². The third-order valence-electron chi connectivity index (χ3n) is 2.98. The summed E-state index contributed by atoms with van der Waals surface area (Å²) in [4.78, 5) is 12.7. The molecule has 5 heteroatoms. The summed E-state index contributed by atoms with van der Waals surface area (Å²) in [6, 6.07) is 4.78. The molecule has 0 bridgehead atoms. The molecule has 0 saturated carbocycles. The third-order valence-corrected chi connectivity index (χ3v) is 2.98. The second kappa shape index (κ2) is 6.45. The van der Waals surface area contributed by atoms with Crippen LogP contribution in [0.5, 0.6) is 0 Å². The summed E-state index contributed by atoms with van der Waals surface area (Å²) in [5.41, 5.74) is 1.27. The number of halogens is 1. The number of benzene rings is 1. The first-order valence-corrected chi connectivity index (χ1v) is 6.15. The Morgan fingerprint density at radius 1 is 1.42 bits per heavy atom. The van der Waals surface area contributed by atoms with E-state index in [2.05, 4.69) is 4.90 Å². The predicted molar refractivity (Wildman–Crippen MR) is 69.2 cm³/mol. The molecule has 0 spiro atoms. The van der Waals surface area contributed by atoms with Crippen molar-refractivity contribution in [1.29, 1.82) is 0 Å². The summed E-state index contributed by atoms with van der Waals surface area (Å²) in [5.74, 6) is -1.50. The molecule has 102 valence electrons. The van der Waals surface area contributed by atoms with Crippen LogP contribution >= 0.6 is 0 Å². The average Bonchev–Trinajstić information content (AvgIpc) is 2.40. The molecular weight excluding hydrogens is 249 g/mol. The normalized spacial score (nSPS) is 16.9. The molecule has 4 nitrogen and oxygen atoms in total. The van der Waals surface area contributed by atoms with Crippen molar-refractivity contribution in [2.24, 2.45) is 0 Å². The van der Waals surface area contributed by atoms with Crippen LogP contribution in [0.4, 0.5) is 4.39 Å². The fourth-order valence-electron chi connectivity index (χ4n) is 2.00. The van der Waals surface area contributed by atoms with Gasteiger partial charge in [0.25, 0.3) is 0 Å². The topological polar surface area (TPSA) is 49.8 Å². The molecule has 19 heavy (non-hydrogen) atoms. The van der Waals surface area contributed by atoms with Crippen molar-refractivity contribution in [1.82, 2.24) is 4.90 Å². The Labute approximate surface area is 111 Å². The lowest BCUT2D eigenvalue weighted by molar-refractivity contribution is -0.131. The molecule has 1 aromatic rings. The van der Waals surface area contributed by atoms with Gasteiger partial charge in [0.05, 0.1) is 13.2 Å². The highest BCUT2D eigenvalue weighted by Crippen LogP contribution is 2.14. The van der Waals surface area contributed by atoms with Crippen molar-refractivity contribution in [2.45, 2.75) is 6.54 Å². The molecule has 0 radical (unpaired) electrons. The lowest BCUT2D eigenvalue weighted by Crippen LogP contribution is -2.35. The lowest BCUT2D eigenvalue weighted by atomic mass is 10.1. The van der Waals surface area contributed by atoms with Crippen LogP contribution in [0.2, 0.25) is 0 Å². The van der Waals surface area contributed by atoms with Crippen LogP contribution in [0.3, 0.4) is 0 Å². The number of ether oxygens (including phenoxy) is 1. The van der Waals surface area contributed by atoms with Crippen molar-refractivity contribution >= 4 is 12.0 Å². The van der Waals surface area contributed by atoms with Crippen LogP contribution < -0.4 is 0 Å². The first kappa shape index (κ1) is 13.7. The van der Waals surface area contributed by atoms with Crippen LogP contribution in [0.1, 0.15) is 11.1 Å². The Bertz CT molecular complexity index is 482. The van der Waals surface area contributed by atoms with Gasteiger partial charge in [0, 0.05) is 31.3 Å². The lowest BCUT2D eigenvalue weighted by Gasteiger charge is -2.26. The number of hydrogen-bond acceptors (Lipinski definition) is 3. The minimum atomic E-state index is -1.09. The SMILES string of the molecule is O=C(O)C=Cc1cc(CN2CCOCC2)ccc1F. The van der Waals surface area contributed by atoms with Crippen molar-refractivity contribution in [3.8, 4) is 0 Å². The maximum absolute atomic E-state index is 13.5. The highest BCUT2D eigenvalue weighted by Gasteiger charge is 2.11. The Balaban J connectivity index is 2.08. The van der Waals surface area contributed by atoms with E-state index in [1.165, 1.54) is 12.1 Å². The van der Waals surface area contributed by atoms with Gasteiger partial charge in [0.15, 0.2) is 0 Å². The van der Waals surface area contributed by atoms with Crippen LogP contribution in [-0.4, -0.2) is 42.3 Å². The second-order valence-corrected chi connectivity index (χ2v) is 4.42. The van der Waals surface area contributed by atoms with Gasteiger partial charge in [-0.3, -0.25) is 4.90 Å². The quantitative estimate of drug-likeness (QED) is 0.843. The Kier molecular flexibility index (Phi) is 4.65. The zero-order chi connectivity index (χ0) is 13.7. The van der Waals surface area contributed by atoms with Gasteiger partial charge in [-0.15, -0.1) is 0 Å². The Hall–Kier alpha value is -1.72. The molecule has 0 aromatic heterocycles. The van der Waals surface area contributed by atoms with E-state index in [9.17, 15) is 9.18 Å². The molecule has 1 aromatic carbocycles. The molecular formula is C14H16FNO3. The van der Waals surface area contributed by atoms with Crippen molar-refractivity contribution in [2.75, 3.05) is 26.3 Å². The molecule has 1 N–H and O–H groups in total. The molecule has 2 rings (SSSR count). The van der Waals surface area contributed by atoms with E-state index >= 15 is 0 Å². The van der Waals surface area contributed by atoms with Crippen LogP contribution in [-0.2, 0) is 16.1 Å². The standard InChI is InChI=1S/C14H16FNO3/c15-13-3-1-11(9-12(13)2-4-14(17)18)10-16-5-7-19-8-6-16/h1-4,9H,5-8,10H2,(H,17,18). The van der Waals surface area contributed by atoms with E-state index in [0.717, 1.165) is 31.3 Å². The first-order valence-electron chi connectivity index (χ1n) is 6.15. The number of aliphatic carboxylic acids is 1. The average molecular weight is 265 g/mol. The van der Waals surface area contributed by atoms with Crippen molar-refractivity contribution in [3.05, 3.63) is 41.2 Å². The summed E-state index contributed by atoms with van der Waals surface area (Å²) >= 11 is 0. The van der Waals surface area contributed by atoms with E-state index < -0.39 is 11.8 Å². The van der Waals surface area contributed by atoms with Gasteiger partial charge < -0.3 is 9.84 Å². The molecule has 1 heterocycles. The molecule has 1 aliphatic heterocycles. The number of carbonyl (C=O) groups is 1. The summed E-state index contributed by atoms with van der Waals surface area (Å²) in [5, 5.41) is 8.56. The highest BCUT2D eigenvalue weighted by molar-refractivity contribution is 5.85. The first-order chi connectivity index (χ1) is 9.15. The van der Waals surface area contributed by atoms with Crippen molar-refractivity contribution in [3.63, 3.8) is 0 Å². The maximum Gasteiger partial charge on any atom is 0.328 e. The number of morpholine rings is 1. The highest BCUT2D eigenvalue weighted by atomic mass is 19.1.